The fourth-order valence-electron chi connectivity index (χ4n) is 0.768. The Morgan fingerprint density at radius 3 is 2.83 bits per heavy atom. The van der Waals surface area contributed by atoms with E-state index >= 15 is 0 Å². The summed E-state index contributed by atoms with van der Waals surface area (Å²) < 4.78 is 0. The fourth-order valence-corrected chi connectivity index (χ4v) is 0.994. The first-order chi connectivity index (χ1) is 5.65. The highest BCUT2D eigenvalue weighted by Crippen LogP contribution is 2.12. The Hall–Kier alpha value is -1.16. The van der Waals surface area contributed by atoms with Crippen molar-refractivity contribution in [2.75, 3.05) is 0 Å². The quantitative estimate of drug-likeness (QED) is 0.758. The molecule has 1 aromatic rings. The number of halogens is 1. The first-order valence-electron chi connectivity index (χ1n) is 3.40. The predicted octanol–water partition coefficient (Wildman–Crippen LogP) is 1.39. The molecular formula is C7H7ClN2O2. The largest absolute Gasteiger partial charge is 0.476 e. The highest BCUT2D eigenvalue weighted by Gasteiger charge is 2.08. The molecule has 0 aliphatic rings. The van der Waals surface area contributed by atoms with Crippen LogP contribution in [0.25, 0.3) is 0 Å². The van der Waals surface area contributed by atoms with Crippen LogP contribution in [0.3, 0.4) is 0 Å². The summed E-state index contributed by atoms with van der Waals surface area (Å²) in [4.78, 5) is 10.4. The summed E-state index contributed by atoms with van der Waals surface area (Å²) >= 11 is 5.63. The summed E-state index contributed by atoms with van der Waals surface area (Å²) in [5.74, 6) is -1.09. The van der Waals surface area contributed by atoms with E-state index in [-0.39, 0.29) is 10.8 Å². The summed E-state index contributed by atoms with van der Waals surface area (Å²) in [5.41, 5.74) is 0.625. The monoisotopic (exact) mass is 186 g/mol. The van der Waals surface area contributed by atoms with Crippen molar-refractivity contribution in [1.82, 2.24) is 10.2 Å². The van der Waals surface area contributed by atoms with Crippen LogP contribution < -0.4 is 0 Å². The molecule has 0 spiro atoms. The lowest BCUT2D eigenvalue weighted by molar-refractivity contribution is 0.0689. The molecule has 1 rings (SSSR count). The third-order valence-electron chi connectivity index (χ3n) is 1.42. The van der Waals surface area contributed by atoms with Gasteiger partial charge in [0.2, 0.25) is 0 Å². The first kappa shape index (κ1) is 8.93. The van der Waals surface area contributed by atoms with E-state index in [2.05, 4.69) is 10.2 Å². The van der Waals surface area contributed by atoms with Gasteiger partial charge in [-0.05, 0) is 18.1 Å². The Bertz CT molecular complexity index is 314. The number of carboxylic acids is 1. The number of carboxylic acid groups (broad SMARTS) is 1. The number of aromatic carboxylic acids is 1. The Labute approximate surface area is 74.2 Å². The lowest BCUT2D eigenvalue weighted by atomic mass is 10.2. The average Bonchev–Trinajstić information content (AvgIpc) is 2.05. The van der Waals surface area contributed by atoms with Gasteiger partial charge in [-0.25, -0.2) is 4.79 Å². The van der Waals surface area contributed by atoms with E-state index in [0.29, 0.717) is 12.0 Å². The van der Waals surface area contributed by atoms with Gasteiger partial charge in [-0.3, -0.25) is 0 Å². The number of nitrogens with zero attached hydrogens (tertiary/aromatic N) is 2. The molecule has 1 N–H and O–H groups in total. The summed E-state index contributed by atoms with van der Waals surface area (Å²) in [7, 11) is 0. The molecule has 64 valence electrons. The smallest absolute Gasteiger partial charge is 0.356 e. The van der Waals surface area contributed by atoms with Gasteiger partial charge in [0.1, 0.15) is 0 Å². The second-order valence-corrected chi connectivity index (χ2v) is 2.56. The molecule has 12 heavy (non-hydrogen) atoms. The Morgan fingerprint density at radius 1 is 1.67 bits per heavy atom. The number of hydrogen-bond acceptors (Lipinski definition) is 3. The molecule has 0 radical (unpaired) electrons. The van der Waals surface area contributed by atoms with Gasteiger partial charge >= 0.3 is 5.97 Å². The third-order valence-corrected chi connectivity index (χ3v) is 1.74. The Morgan fingerprint density at radius 2 is 2.33 bits per heavy atom. The maximum absolute atomic E-state index is 10.4. The van der Waals surface area contributed by atoms with Crippen LogP contribution in [0.5, 0.6) is 0 Å². The number of aryl methyl sites for hydroxylation is 1. The summed E-state index contributed by atoms with van der Waals surface area (Å²) in [6.45, 7) is 1.87. The average molecular weight is 187 g/mol. The van der Waals surface area contributed by atoms with Crippen molar-refractivity contribution < 1.29 is 9.90 Å². The molecule has 5 heteroatoms. The van der Waals surface area contributed by atoms with E-state index in [9.17, 15) is 4.79 Å². The third kappa shape index (κ3) is 1.71. The molecule has 0 fully saturated rings. The van der Waals surface area contributed by atoms with Crippen molar-refractivity contribution in [2.24, 2.45) is 0 Å². The molecule has 0 aliphatic heterocycles. The van der Waals surface area contributed by atoms with Crippen molar-refractivity contribution in [3.05, 3.63) is 22.5 Å². The lowest BCUT2D eigenvalue weighted by Gasteiger charge is -1.98. The van der Waals surface area contributed by atoms with Crippen LogP contribution in [-0.4, -0.2) is 21.3 Å². The molecule has 0 aromatic carbocycles. The molecule has 0 atom stereocenters. The molecular weight excluding hydrogens is 180 g/mol. The van der Waals surface area contributed by atoms with Gasteiger partial charge in [0.05, 0.1) is 0 Å². The van der Waals surface area contributed by atoms with Gasteiger partial charge in [0.15, 0.2) is 10.8 Å². The molecule has 0 amide bonds. The van der Waals surface area contributed by atoms with E-state index < -0.39 is 5.97 Å². The molecule has 0 saturated carbocycles. The number of carbonyl (C=O) groups is 1. The minimum absolute atomic E-state index is 0.0729. The maximum Gasteiger partial charge on any atom is 0.356 e. The highest BCUT2D eigenvalue weighted by atomic mass is 35.5. The number of aromatic nitrogens is 2. The topological polar surface area (TPSA) is 63.1 Å². The van der Waals surface area contributed by atoms with E-state index in [4.69, 9.17) is 16.7 Å². The van der Waals surface area contributed by atoms with Crippen LogP contribution in [0.15, 0.2) is 6.07 Å². The molecule has 1 aromatic heterocycles. The Kier molecular flexibility index (Phi) is 2.60. The van der Waals surface area contributed by atoms with E-state index in [1.54, 1.807) is 0 Å². The molecule has 0 unspecified atom stereocenters. The van der Waals surface area contributed by atoms with Gasteiger partial charge in [-0.2, -0.15) is 0 Å². The van der Waals surface area contributed by atoms with E-state index in [1.807, 2.05) is 6.92 Å². The van der Waals surface area contributed by atoms with Crippen LogP contribution in [-0.2, 0) is 6.42 Å². The lowest BCUT2D eigenvalue weighted by Crippen LogP contribution is -2.03. The van der Waals surface area contributed by atoms with E-state index in [0.717, 1.165) is 0 Å². The molecule has 0 bridgehead atoms. The van der Waals surface area contributed by atoms with Gasteiger partial charge in [-0.1, -0.05) is 18.5 Å². The van der Waals surface area contributed by atoms with Gasteiger partial charge < -0.3 is 5.11 Å². The zero-order chi connectivity index (χ0) is 9.14. The van der Waals surface area contributed by atoms with Crippen LogP contribution in [0.4, 0.5) is 0 Å². The zero-order valence-electron chi connectivity index (χ0n) is 6.41. The van der Waals surface area contributed by atoms with E-state index in [1.165, 1.54) is 6.07 Å². The molecule has 4 nitrogen and oxygen atoms in total. The van der Waals surface area contributed by atoms with Gasteiger partial charge in [0, 0.05) is 0 Å². The van der Waals surface area contributed by atoms with Crippen LogP contribution >= 0.6 is 11.6 Å². The second-order valence-electron chi connectivity index (χ2n) is 2.20. The van der Waals surface area contributed by atoms with Crippen LogP contribution in [0.2, 0.25) is 5.15 Å². The second kappa shape index (κ2) is 3.49. The van der Waals surface area contributed by atoms with Crippen molar-refractivity contribution in [3.63, 3.8) is 0 Å². The minimum atomic E-state index is -1.09. The molecule has 0 aliphatic carbocycles. The number of rotatable bonds is 2. The van der Waals surface area contributed by atoms with Gasteiger partial charge in [-0.15, -0.1) is 10.2 Å². The predicted molar refractivity (Wildman–Crippen MR) is 43.4 cm³/mol. The van der Waals surface area contributed by atoms with Crippen molar-refractivity contribution >= 4 is 17.6 Å². The molecule has 1 heterocycles. The highest BCUT2D eigenvalue weighted by molar-refractivity contribution is 6.30. The van der Waals surface area contributed by atoms with Crippen molar-refractivity contribution in [1.29, 1.82) is 0 Å². The van der Waals surface area contributed by atoms with Crippen molar-refractivity contribution in [3.8, 4) is 0 Å². The molecule has 0 saturated heterocycles. The first-order valence-corrected chi connectivity index (χ1v) is 3.78. The van der Waals surface area contributed by atoms with Crippen LogP contribution in [0.1, 0.15) is 23.0 Å². The van der Waals surface area contributed by atoms with Gasteiger partial charge in [0.25, 0.3) is 0 Å². The fraction of sp³-hybridized carbons (Fsp3) is 0.286. The summed E-state index contributed by atoms with van der Waals surface area (Å²) in [6.07, 6.45) is 0.647. The minimum Gasteiger partial charge on any atom is -0.476 e. The normalized spacial score (nSPS) is 9.83. The number of hydrogen-bond donors (Lipinski definition) is 1. The standard InChI is InChI=1S/C7H7ClN2O2/c1-2-4-3-5(7(11)12)9-10-6(4)8/h3H,2H2,1H3,(H,11,12). The van der Waals surface area contributed by atoms with Crippen LogP contribution in [0, 0.1) is 0 Å². The summed E-state index contributed by atoms with van der Waals surface area (Å²) in [6, 6.07) is 1.43. The zero-order valence-corrected chi connectivity index (χ0v) is 7.17. The maximum atomic E-state index is 10.4. The van der Waals surface area contributed by atoms with Crippen molar-refractivity contribution in [2.45, 2.75) is 13.3 Å². The Balaban J connectivity index is 3.13. The summed E-state index contributed by atoms with van der Waals surface area (Å²) in [5, 5.41) is 15.7. The SMILES string of the molecule is CCc1cc(C(=O)O)nnc1Cl.